The Balaban J connectivity index is 2.25. The molecule has 0 bridgehead atoms. The summed E-state index contributed by atoms with van der Waals surface area (Å²) in [4.78, 5) is 20.6. The van der Waals surface area contributed by atoms with Crippen LogP contribution >= 0.6 is 0 Å². The summed E-state index contributed by atoms with van der Waals surface area (Å²) in [5, 5.41) is 3.39. The first-order valence-electron chi connectivity index (χ1n) is 7.01. The van der Waals surface area contributed by atoms with Gasteiger partial charge in [-0.25, -0.2) is 14.8 Å². The van der Waals surface area contributed by atoms with Crippen LogP contribution in [-0.4, -0.2) is 33.0 Å². The van der Waals surface area contributed by atoms with Gasteiger partial charge >= 0.3 is 5.97 Å². The predicted molar refractivity (Wildman–Crippen MR) is 85.2 cm³/mol. The number of nitrogens with one attached hydrogen (secondary N) is 1. The van der Waals surface area contributed by atoms with Crippen LogP contribution in [0.2, 0.25) is 0 Å². The van der Waals surface area contributed by atoms with E-state index in [0.717, 1.165) is 22.4 Å². The van der Waals surface area contributed by atoms with E-state index in [1.54, 1.807) is 24.7 Å². The van der Waals surface area contributed by atoms with Crippen LogP contribution in [-0.2, 0) is 4.74 Å². The second kappa shape index (κ2) is 4.98. The second-order valence-electron chi connectivity index (χ2n) is 6.18. The predicted octanol–water partition coefficient (Wildman–Crippen LogP) is 2.88. The van der Waals surface area contributed by atoms with Crippen molar-refractivity contribution >= 4 is 28.3 Å². The highest BCUT2D eigenvalue weighted by Gasteiger charge is 2.16. The van der Waals surface area contributed by atoms with Gasteiger partial charge in [-0.05, 0) is 39.0 Å². The number of hydrogen-bond donors (Lipinski definition) is 1. The van der Waals surface area contributed by atoms with Crippen molar-refractivity contribution in [2.45, 2.75) is 26.3 Å². The van der Waals surface area contributed by atoms with Crippen molar-refractivity contribution in [3.63, 3.8) is 0 Å². The molecular formula is C16H18N4O2. The minimum atomic E-state index is -0.368. The van der Waals surface area contributed by atoms with E-state index in [2.05, 4.69) is 36.1 Å². The number of ether oxygens (including phenoxy) is 1. The molecule has 2 heterocycles. The van der Waals surface area contributed by atoms with Gasteiger partial charge in [0.25, 0.3) is 0 Å². The van der Waals surface area contributed by atoms with E-state index >= 15 is 0 Å². The van der Waals surface area contributed by atoms with Crippen molar-refractivity contribution in [3.8, 4) is 0 Å². The van der Waals surface area contributed by atoms with Crippen LogP contribution in [0.3, 0.4) is 0 Å². The number of hydrogen-bond acceptors (Lipinski definition) is 5. The molecule has 6 nitrogen and oxygen atoms in total. The zero-order chi connectivity index (χ0) is 15.9. The molecule has 0 spiro atoms. The first-order chi connectivity index (χ1) is 10.4. The Morgan fingerprint density at radius 3 is 2.73 bits per heavy atom. The highest BCUT2D eigenvalue weighted by atomic mass is 16.5. The number of methoxy groups -OCH3 is 1. The van der Waals surface area contributed by atoms with Crippen LogP contribution in [0.1, 0.15) is 31.1 Å². The SMILES string of the molecule is COC(=O)c1ccc2nc(NC(C)(C)C)c3cncn3c2c1. The molecule has 0 atom stereocenters. The molecule has 3 rings (SSSR count). The van der Waals surface area contributed by atoms with E-state index in [9.17, 15) is 4.79 Å². The van der Waals surface area contributed by atoms with Gasteiger partial charge in [0.2, 0.25) is 0 Å². The molecule has 0 unspecified atom stereocenters. The summed E-state index contributed by atoms with van der Waals surface area (Å²) in [5.41, 5.74) is 2.84. The second-order valence-corrected chi connectivity index (χ2v) is 6.18. The number of esters is 1. The summed E-state index contributed by atoms with van der Waals surface area (Å²) in [6.45, 7) is 6.23. The van der Waals surface area contributed by atoms with Gasteiger partial charge in [-0.1, -0.05) is 0 Å². The molecule has 0 amide bonds. The van der Waals surface area contributed by atoms with Crippen molar-refractivity contribution < 1.29 is 9.53 Å². The Labute approximate surface area is 128 Å². The summed E-state index contributed by atoms with van der Waals surface area (Å²) >= 11 is 0. The number of fused-ring (bicyclic) bond motifs is 3. The molecule has 0 radical (unpaired) electrons. The number of aromatic nitrogens is 3. The Bertz CT molecular complexity index is 862. The maximum atomic E-state index is 11.7. The lowest BCUT2D eigenvalue weighted by Crippen LogP contribution is -2.27. The van der Waals surface area contributed by atoms with Crippen molar-refractivity contribution in [3.05, 3.63) is 36.3 Å². The van der Waals surface area contributed by atoms with Gasteiger partial charge in [-0.15, -0.1) is 0 Å². The van der Waals surface area contributed by atoms with Crippen LogP contribution in [0.5, 0.6) is 0 Å². The minimum absolute atomic E-state index is 0.114. The normalized spacial score (nSPS) is 11.8. The topological polar surface area (TPSA) is 68.5 Å². The Hall–Kier alpha value is -2.63. The quantitative estimate of drug-likeness (QED) is 0.737. The van der Waals surface area contributed by atoms with Crippen LogP contribution in [0, 0.1) is 0 Å². The van der Waals surface area contributed by atoms with Crippen LogP contribution in [0.25, 0.3) is 16.6 Å². The molecule has 0 saturated carbocycles. The molecule has 3 aromatic rings. The van der Waals surface area contributed by atoms with E-state index in [0.29, 0.717) is 5.56 Å². The first kappa shape index (κ1) is 14.3. The Morgan fingerprint density at radius 2 is 2.05 bits per heavy atom. The molecular weight excluding hydrogens is 280 g/mol. The minimum Gasteiger partial charge on any atom is -0.465 e. The van der Waals surface area contributed by atoms with Crippen LogP contribution in [0.15, 0.2) is 30.7 Å². The third-order valence-corrected chi connectivity index (χ3v) is 3.26. The van der Waals surface area contributed by atoms with Gasteiger partial charge in [-0.3, -0.25) is 4.40 Å². The number of benzene rings is 1. The Morgan fingerprint density at radius 1 is 1.27 bits per heavy atom. The van der Waals surface area contributed by atoms with Crippen LogP contribution in [0.4, 0.5) is 5.82 Å². The number of anilines is 1. The largest absolute Gasteiger partial charge is 0.465 e. The molecule has 0 saturated heterocycles. The summed E-state index contributed by atoms with van der Waals surface area (Å²) in [7, 11) is 1.37. The maximum Gasteiger partial charge on any atom is 0.337 e. The van der Waals surface area contributed by atoms with Gasteiger partial charge in [0.15, 0.2) is 5.82 Å². The highest BCUT2D eigenvalue weighted by Crippen LogP contribution is 2.24. The molecule has 22 heavy (non-hydrogen) atoms. The lowest BCUT2D eigenvalue weighted by Gasteiger charge is -2.22. The van der Waals surface area contributed by atoms with E-state index < -0.39 is 0 Å². The van der Waals surface area contributed by atoms with Crippen LogP contribution < -0.4 is 5.32 Å². The summed E-state index contributed by atoms with van der Waals surface area (Å²) in [6.07, 6.45) is 3.47. The fourth-order valence-corrected chi connectivity index (χ4v) is 2.34. The molecule has 0 aliphatic rings. The van der Waals surface area contributed by atoms with E-state index in [4.69, 9.17) is 4.74 Å². The number of nitrogens with zero attached hydrogens (tertiary/aromatic N) is 3. The number of rotatable bonds is 2. The van der Waals surface area contributed by atoms with Crippen molar-refractivity contribution in [2.75, 3.05) is 12.4 Å². The standard InChI is InChI=1S/C16H18N4O2/c1-16(2,3)19-14-13-8-17-9-20(13)12-7-10(15(21)22-4)5-6-11(12)18-14/h5-9H,1-4H3,(H,18,19). The third kappa shape index (κ3) is 2.47. The number of imidazole rings is 1. The van der Waals surface area contributed by atoms with E-state index in [1.165, 1.54) is 7.11 Å². The van der Waals surface area contributed by atoms with Gasteiger partial charge in [0.05, 0.1) is 36.2 Å². The van der Waals surface area contributed by atoms with Gasteiger partial charge in [0, 0.05) is 5.54 Å². The van der Waals surface area contributed by atoms with Gasteiger partial charge < -0.3 is 10.1 Å². The molecule has 6 heteroatoms. The lowest BCUT2D eigenvalue weighted by molar-refractivity contribution is 0.0601. The fraction of sp³-hybridized carbons (Fsp3) is 0.312. The molecule has 0 fully saturated rings. The molecule has 1 aromatic carbocycles. The first-order valence-corrected chi connectivity index (χ1v) is 7.01. The molecule has 1 N–H and O–H groups in total. The number of carbonyl (C=O) groups excluding carboxylic acids is 1. The summed E-state index contributed by atoms with van der Waals surface area (Å²) < 4.78 is 6.69. The van der Waals surface area contributed by atoms with Crippen molar-refractivity contribution in [1.82, 2.24) is 14.4 Å². The van der Waals surface area contributed by atoms with Gasteiger partial charge in [0.1, 0.15) is 5.52 Å². The third-order valence-electron chi connectivity index (χ3n) is 3.26. The van der Waals surface area contributed by atoms with Crippen molar-refractivity contribution in [2.24, 2.45) is 0 Å². The zero-order valence-corrected chi connectivity index (χ0v) is 13.0. The summed E-state index contributed by atoms with van der Waals surface area (Å²) in [6, 6.07) is 5.30. The molecule has 2 aromatic heterocycles. The smallest absolute Gasteiger partial charge is 0.337 e. The average Bonchev–Trinajstić information content (AvgIpc) is 2.94. The monoisotopic (exact) mass is 298 g/mol. The molecule has 0 aliphatic carbocycles. The lowest BCUT2D eigenvalue weighted by atomic mass is 10.1. The zero-order valence-electron chi connectivity index (χ0n) is 13.0. The number of carbonyl (C=O) groups is 1. The average molecular weight is 298 g/mol. The highest BCUT2D eigenvalue weighted by molar-refractivity contribution is 5.95. The van der Waals surface area contributed by atoms with E-state index in [1.807, 2.05) is 10.5 Å². The Kier molecular flexibility index (Phi) is 3.24. The summed E-state index contributed by atoms with van der Waals surface area (Å²) in [5.74, 6) is 0.398. The van der Waals surface area contributed by atoms with Gasteiger partial charge in [-0.2, -0.15) is 0 Å². The molecule has 114 valence electrons. The van der Waals surface area contributed by atoms with E-state index in [-0.39, 0.29) is 11.5 Å². The maximum absolute atomic E-state index is 11.7. The molecule has 0 aliphatic heterocycles. The van der Waals surface area contributed by atoms with Crippen molar-refractivity contribution in [1.29, 1.82) is 0 Å². The fourth-order valence-electron chi connectivity index (χ4n) is 2.34.